The van der Waals surface area contributed by atoms with Crippen LogP contribution in [0.15, 0.2) is 42.5 Å². The van der Waals surface area contributed by atoms with Gasteiger partial charge >= 0.3 is 0 Å². The summed E-state index contributed by atoms with van der Waals surface area (Å²) >= 11 is 0. The van der Waals surface area contributed by atoms with Crippen LogP contribution in [-0.2, 0) is 6.42 Å². The second kappa shape index (κ2) is 4.47. The predicted octanol–water partition coefficient (Wildman–Crippen LogP) is 3.41. The molecule has 2 nitrogen and oxygen atoms in total. The molecule has 2 aromatic rings. The SMILES string of the molecule is CCC(=O)c1cccc2c1Cc1ccccc1C2=O. The van der Waals surface area contributed by atoms with Crippen LogP contribution in [0.3, 0.4) is 0 Å². The lowest BCUT2D eigenvalue weighted by Crippen LogP contribution is -2.18. The number of hydrogen-bond acceptors (Lipinski definition) is 2. The van der Waals surface area contributed by atoms with Gasteiger partial charge in [-0.05, 0) is 17.5 Å². The molecule has 0 fully saturated rings. The van der Waals surface area contributed by atoms with E-state index in [1.807, 2.05) is 43.3 Å². The second-order valence-corrected chi connectivity index (χ2v) is 4.77. The van der Waals surface area contributed by atoms with Crippen molar-refractivity contribution in [3.63, 3.8) is 0 Å². The third-order valence-corrected chi connectivity index (χ3v) is 3.67. The van der Waals surface area contributed by atoms with E-state index in [0.717, 1.165) is 16.7 Å². The summed E-state index contributed by atoms with van der Waals surface area (Å²) in [6.45, 7) is 1.85. The average Bonchev–Trinajstić information content (AvgIpc) is 2.46. The van der Waals surface area contributed by atoms with Crippen molar-refractivity contribution >= 4 is 11.6 Å². The zero-order chi connectivity index (χ0) is 13.4. The van der Waals surface area contributed by atoms with E-state index < -0.39 is 0 Å². The average molecular weight is 250 g/mol. The van der Waals surface area contributed by atoms with Crippen LogP contribution in [0.25, 0.3) is 0 Å². The summed E-state index contributed by atoms with van der Waals surface area (Å²) < 4.78 is 0. The standard InChI is InChI=1S/C17H14O2/c1-2-16(18)13-8-5-9-14-15(13)10-11-6-3-4-7-12(11)17(14)19/h3-9H,2,10H2,1H3. The van der Waals surface area contributed by atoms with E-state index in [2.05, 4.69) is 0 Å². The molecule has 0 aromatic heterocycles. The Bertz CT molecular complexity index is 683. The number of rotatable bonds is 2. The van der Waals surface area contributed by atoms with Gasteiger partial charge in [0.1, 0.15) is 0 Å². The molecule has 2 aromatic carbocycles. The normalized spacial score (nSPS) is 12.8. The lowest BCUT2D eigenvalue weighted by Gasteiger charge is -2.20. The first-order chi connectivity index (χ1) is 9.22. The van der Waals surface area contributed by atoms with Crippen LogP contribution in [0.4, 0.5) is 0 Å². The van der Waals surface area contributed by atoms with Crippen LogP contribution < -0.4 is 0 Å². The zero-order valence-electron chi connectivity index (χ0n) is 10.8. The highest BCUT2D eigenvalue weighted by Crippen LogP contribution is 2.29. The van der Waals surface area contributed by atoms with E-state index in [4.69, 9.17) is 0 Å². The number of ketones is 2. The molecule has 0 aliphatic heterocycles. The first-order valence-corrected chi connectivity index (χ1v) is 6.50. The summed E-state index contributed by atoms with van der Waals surface area (Å²) in [5.74, 6) is 0.131. The van der Waals surface area contributed by atoms with E-state index >= 15 is 0 Å². The molecule has 0 atom stereocenters. The van der Waals surface area contributed by atoms with E-state index in [1.165, 1.54) is 0 Å². The summed E-state index contributed by atoms with van der Waals surface area (Å²) in [7, 11) is 0. The Morgan fingerprint density at radius 1 is 1.05 bits per heavy atom. The van der Waals surface area contributed by atoms with Crippen molar-refractivity contribution in [3.8, 4) is 0 Å². The maximum atomic E-state index is 12.5. The van der Waals surface area contributed by atoms with Gasteiger partial charge in [0.2, 0.25) is 0 Å². The number of Topliss-reactive ketones (excluding diaryl/α,β-unsaturated/α-hetero) is 1. The molecule has 0 saturated heterocycles. The van der Waals surface area contributed by atoms with Gasteiger partial charge < -0.3 is 0 Å². The molecule has 0 bridgehead atoms. The number of benzene rings is 2. The summed E-state index contributed by atoms with van der Waals surface area (Å²) in [4.78, 5) is 24.5. The van der Waals surface area contributed by atoms with Crippen LogP contribution in [0.1, 0.15) is 50.8 Å². The molecular weight excluding hydrogens is 236 g/mol. The fraction of sp³-hybridized carbons (Fsp3) is 0.176. The second-order valence-electron chi connectivity index (χ2n) is 4.77. The number of carbonyl (C=O) groups is 2. The highest BCUT2D eigenvalue weighted by atomic mass is 16.1. The fourth-order valence-corrected chi connectivity index (χ4v) is 2.67. The number of carbonyl (C=O) groups excluding carboxylic acids is 2. The minimum atomic E-state index is 0.0302. The maximum Gasteiger partial charge on any atom is 0.193 e. The van der Waals surface area contributed by atoms with Crippen LogP contribution in [0.5, 0.6) is 0 Å². The molecule has 2 heteroatoms. The van der Waals surface area contributed by atoms with Crippen molar-refractivity contribution in [2.24, 2.45) is 0 Å². The molecular formula is C17H14O2. The Hall–Kier alpha value is -2.22. The third-order valence-electron chi connectivity index (χ3n) is 3.67. The lowest BCUT2D eigenvalue weighted by molar-refractivity contribution is 0.0987. The van der Waals surface area contributed by atoms with E-state index in [-0.39, 0.29) is 11.6 Å². The van der Waals surface area contributed by atoms with Gasteiger partial charge in [-0.15, -0.1) is 0 Å². The van der Waals surface area contributed by atoms with Crippen molar-refractivity contribution < 1.29 is 9.59 Å². The lowest BCUT2D eigenvalue weighted by atomic mass is 9.82. The van der Waals surface area contributed by atoms with E-state index in [0.29, 0.717) is 24.0 Å². The Morgan fingerprint density at radius 2 is 1.79 bits per heavy atom. The molecule has 0 amide bonds. The highest BCUT2D eigenvalue weighted by molar-refractivity contribution is 6.14. The predicted molar refractivity (Wildman–Crippen MR) is 73.7 cm³/mol. The van der Waals surface area contributed by atoms with Crippen molar-refractivity contribution in [1.29, 1.82) is 0 Å². The fourth-order valence-electron chi connectivity index (χ4n) is 2.67. The maximum absolute atomic E-state index is 12.5. The summed E-state index contributed by atoms with van der Waals surface area (Å²) in [5, 5.41) is 0. The van der Waals surface area contributed by atoms with Crippen molar-refractivity contribution in [3.05, 3.63) is 70.3 Å². The van der Waals surface area contributed by atoms with Gasteiger partial charge in [0.25, 0.3) is 0 Å². The minimum absolute atomic E-state index is 0.0302. The molecule has 0 radical (unpaired) electrons. The van der Waals surface area contributed by atoms with Crippen LogP contribution in [0.2, 0.25) is 0 Å². The molecule has 3 rings (SSSR count). The van der Waals surface area contributed by atoms with E-state index in [9.17, 15) is 9.59 Å². The number of fused-ring (bicyclic) bond motifs is 2. The summed E-state index contributed by atoms with van der Waals surface area (Å²) in [6, 6.07) is 13.1. The topological polar surface area (TPSA) is 34.1 Å². The zero-order valence-corrected chi connectivity index (χ0v) is 10.8. The highest BCUT2D eigenvalue weighted by Gasteiger charge is 2.25. The van der Waals surface area contributed by atoms with Gasteiger partial charge in [0.15, 0.2) is 11.6 Å². The Balaban J connectivity index is 2.20. The van der Waals surface area contributed by atoms with Gasteiger partial charge in [-0.1, -0.05) is 49.4 Å². The largest absolute Gasteiger partial charge is 0.294 e. The Kier molecular flexibility index (Phi) is 2.79. The first kappa shape index (κ1) is 11.8. The van der Waals surface area contributed by atoms with Crippen molar-refractivity contribution in [2.45, 2.75) is 19.8 Å². The third kappa shape index (κ3) is 1.80. The monoisotopic (exact) mass is 250 g/mol. The van der Waals surface area contributed by atoms with Crippen molar-refractivity contribution in [1.82, 2.24) is 0 Å². The van der Waals surface area contributed by atoms with Crippen LogP contribution >= 0.6 is 0 Å². The van der Waals surface area contributed by atoms with Gasteiger partial charge in [-0.3, -0.25) is 9.59 Å². The quantitative estimate of drug-likeness (QED) is 0.653. The molecule has 1 aliphatic carbocycles. The van der Waals surface area contributed by atoms with Gasteiger partial charge in [-0.25, -0.2) is 0 Å². The molecule has 0 unspecified atom stereocenters. The minimum Gasteiger partial charge on any atom is -0.294 e. The molecule has 19 heavy (non-hydrogen) atoms. The van der Waals surface area contributed by atoms with Crippen molar-refractivity contribution in [2.75, 3.05) is 0 Å². The summed E-state index contributed by atoms with van der Waals surface area (Å²) in [5.41, 5.74) is 4.03. The smallest absolute Gasteiger partial charge is 0.193 e. The molecule has 0 spiro atoms. The Morgan fingerprint density at radius 3 is 2.58 bits per heavy atom. The molecule has 94 valence electrons. The van der Waals surface area contributed by atoms with Crippen LogP contribution in [0, 0.1) is 0 Å². The molecule has 0 N–H and O–H groups in total. The van der Waals surface area contributed by atoms with Gasteiger partial charge in [-0.2, -0.15) is 0 Å². The van der Waals surface area contributed by atoms with E-state index in [1.54, 1.807) is 6.07 Å². The molecule has 0 heterocycles. The first-order valence-electron chi connectivity index (χ1n) is 6.50. The van der Waals surface area contributed by atoms with Gasteiger partial charge in [0, 0.05) is 23.1 Å². The molecule has 1 aliphatic rings. The molecule has 0 saturated carbocycles. The number of hydrogen-bond donors (Lipinski definition) is 0. The Labute approximate surface area is 112 Å². The van der Waals surface area contributed by atoms with Crippen LogP contribution in [-0.4, -0.2) is 11.6 Å². The summed E-state index contributed by atoms with van der Waals surface area (Å²) in [6.07, 6.45) is 1.13. The van der Waals surface area contributed by atoms with Gasteiger partial charge in [0.05, 0.1) is 0 Å².